The van der Waals surface area contributed by atoms with E-state index in [-0.39, 0.29) is 5.91 Å². The number of anilines is 1. The summed E-state index contributed by atoms with van der Waals surface area (Å²) in [5.41, 5.74) is 1.70. The number of amides is 1. The predicted molar refractivity (Wildman–Crippen MR) is 89.1 cm³/mol. The summed E-state index contributed by atoms with van der Waals surface area (Å²) < 4.78 is 6.46. The fraction of sp³-hybridized carbons (Fsp3) is 0.188. The standard InChI is InChI=1S/C16H15BrClNO2/c1-10-3-6-13(7-4-10)21-11(2)16(20)19-15-8-5-12(17)9-14(15)18/h3-9,11H,1-2H3,(H,19,20)/t11-/m0/s1. The van der Waals surface area contributed by atoms with E-state index in [4.69, 9.17) is 16.3 Å². The van der Waals surface area contributed by atoms with Crippen LogP contribution in [0.3, 0.4) is 0 Å². The first-order valence-electron chi connectivity index (χ1n) is 6.45. The van der Waals surface area contributed by atoms with Crippen molar-refractivity contribution in [3.63, 3.8) is 0 Å². The number of hydrogen-bond acceptors (Lipinski definition) is 2. The second-order valence-corrected chi connectivity index (χ2v) is 6.01. The summed E-state index contributed by atoms with van der Waals surface area (Å²) in [6.07, 6.45) is -0.618. The minimum atomic E-state index is -0.618. The number of ether oxygens (including phenoxy) is 1. The molecule has 1 atom stereocenters. The molecule has 2 aromatic rings. The van der Waals surface area contributed by atoms with Gasteiger partial charge in [0.2, 0.25) is 0 Å². The van der Waals surface area contributed by atoms with Crippen molar-refractivity contribution in [1.82, 2.24) is 0 Å². The Labute approximate surface area is 137 Å². The lowest BCUT2D eigenvalue weighted by atomic mass is 10.2. The predicted octanol–water partition coefficient (Wildman–Crippen LogP) is 4.82. The maximum absolute atomic E-state index is 12.1. The van der Waals surface area contributed by atoms with Gasteiger partial charge in [0.25, 0.3) is 5.91 Å². The molecule has 1 amide bonds. The summed E-state index contributed by atoms with van der Waals surface area (Å²) in [7, 11) is 0. The Kier molecular flexibility index (Phi) is 5.26. The summed E-state index contributed by atoms with van der Waals surface area (Å²) in [5, 5.41) is 3.22. The molecule has 0 aliphatic heterocycles. The van der Waals surface area contributed by atoms with Crippen LogP contribution in [0.5, 0.6) is 5.75 Å². The lowest BCUT2D eigenvalue weighted by molar-refractivity contribution is -0.122. The highest BCUT2D eigenvalue weighted by atomic mass is 79.9. The molecule has 0 saturated carbocycles. The van der Waals surface area contributed by atoms with Crippen molar-refractivity contribution in [3.05, 3.63) is 57.5 Å². The molecule has 0 saturated heterocycles. The summed E-state index contributed by atoms with van der Waals surface area (Å²) in [6, 6.07) is 12.8. The first-order chi connectivity index (χ1) is 9.95. The van der Waals surface area contributed by atoms with Crippen molar-refractivity contribution < 1.29 is 9.53 Å². The van der Waals surface area contributed by atoms with Crippen LogP contribution in [-0.2, 0) is 4.79 Å². The highest BCUT2D eigenvalue weighted by Gasteiger charge is 2.16. The molecular formula is C16H15BrClNO2. The number of hydrogen-bond donors (Lipinski definition) is 1. The third-order valence-electron chi connectivity index (χ3n) is 2.89. The number of rotatable bonds is 4. The van der Waals surface area contributed by atoms with Gasteiger partial charge in [0.05, 0.1) is 10.7 Å². The van der Waals surface area contributed by atoms with Crippen LogP contribution in [0.1, 0.15) is 12.5 Å². The van der Waals surface area contributed by atoms with E-state index in [0.29, 0.717) is 16.5 Å². The van der Waals surface area contributed by atoms with E-state index in [1.54, 1.807) is 19.1 Å². The van der Waals surface area contributed by atoms with Crippen LogP contribution >= 0.6 is 27.5 Å². The zero-order valence-electron chi connectivity index (χ0n) is 11.7. The number of carbonyl (C=O) groups excluding carboxylic acids is 1. The summed E-state index contributed by atoms with van der Waals surface area (Å²) in [4.78, 5) is 12.1. The largest absolute Gasteiger partial charge is 0.481 e. The van der Waals surface area contributed by atoms with Crippen LogP contribution < -0.4 is 10.1 Å². The van der Waals surface area contributed by atoms with Crippen LogP contribution in [-0.4, -0.2) is 12.0 Å². The van der Waals surface area contributed by atoms with E-state index in [2.05, 4.69) is 21.2 Å². The molecule has 0 aliphatic carbocycles. The van der Waals surface area contributed by atoms with Crippen molar-refractivity contribution in [2.24, 2.45) is 0 Å². The van der Waals surface area contributed by atoms with Gasteiger partial charge < -0.3 is 10.1 Å². The minimum absolute atomic E-state index is 0.250. The topological polar surface area (TPSA) is 38.3 Å². The molecule has 5 heteroatoms. The third-order valence-corrected chi connectivity index (χ3v) is 3.70. The number of benzene rings is 2. The fourth-order valence-electron chi connectivity index (χ4n) is 1.70. The van der Waals surface area contributed by atoms with Gasteiger partial charge in [-0.1, -0.05) is 45.2 Å². The molecule has 2 rings (SSSR count). The average Bonchev–Trinajstić information content (AvgIpc) is 2.44. The second kappa shape index (κ2) is 6.96. The van der Waals surface area contributed by atoms with Gasteiger partial charge >= 0.3 is 0 Å². The Morgan fingerprint density at radius 2 is 1.90 bits per heavy atom. The fourth-order valence-corrected chi connectivity index (χ4v) is 2.42. The first-order valence-corrected chi connectivity index (χ1v) is 7.62. The summed E-state index contributed by atoms with van der Waals surface area (Å²) in [5.74, 6) is 0.407. The molecule has 0 heterocycles. The molecule has 0 spiro atoms. The van der Waals surface area contributed by atoms with Crippen molar-refractivity contribution in [2.45, 2.75) is 20.0 Å². The maximum atomic E-state index is 12.1. The van der Waals surface area contributed by atoms with E-state index < -0.39 is 6.10 Å². The normalized spacial score (nSPS) is 11.8. The van der Waals surface area contributed by atoms with Gasteiger partial charge in [-0.05, 0) is 44.2 Å². The molecule has 0 aromatic heterocycles. The summed E-state index contributed by atoms with van der Waals surface area (Å²) in [6.45, 7) is 3.69. The highest BCUT2D eigenvalue weighted by molar-refractivity contribution is 9.10. The molecule has 0 radical (unpaired) electrons. The SMILES string of the molecule is Cc1ccc(O[C@@H](C)C(=O)Nc2ccc(Br)cc2Cl)cc1. The number of aryl methyl sites for hydroxylation is 1. The van der Waals surface area contributed by atoms with Crippen molar-refractivity contribution in [2.75, 3.05) is 5.32 Å². The van der Waals surface area contributed by atoms with Gasteiger partial charge in [0.1, 0.15) is 5.75 Å². The molecule has 21 heavy (non-hydrogen) atoms. The zero-order chi connectivity index (χ0) is 15.4. The van der Waals surface area contributed by atoms with Gasteiger partial charge in [-0.15, -0.1) is 0 Å². The number of halogens is 2. The van der Waals surface area contributed by atoms with Crippen molar-refractivity contribution in [1.29, 1.82) is 0 Å². The van der Waals surface area contributed by atoms with Crippen molar-refractivity contribution >= 4 is 39.1 Å². The minimum Gasteiger partial charge on any atom is -0.481 e. The van der Waals surface area contributed by atoms with Gasteiger partial charge in [0, 0.05) is 4.47 Å². The quantitative estimate of drug-likeness (QED) is 0.840. The Morgan fingerprint density at radius 3 is 2.52 bits per heavy atom. The summed E-state index contributed by atoms with van der Waals surface area (Å²) >= 11 is 9.39. The van der Waals surface area contributed by atoms with Crippen molar-refractivity contribution in [3.8, 4) is 5.75 Å². The van der Waals surface area contributed by atoms with Gasteiger partial charge in [-0.3, -0.25) is 4.79 Å². The Hall–Kier alpha value is -1.52. The van der Waals surface area contributed by atoms with Crippen LogP contribution in [0, 0.1) is 6.92 Å². The third kappa shape index (κ3) is 4.48. The van der Waals surface area contributed by atoms with E-state index in [1.807, 2.05) is 37.3 Å². The molecule has 0 unspecified atom stereocenters. The number of nitrogens with one attached hydrogen (secondary N) is 1. The van der Waals surface area contributed by atoms with E-state index >= 15 is 0 Å². The van der Waals surface area contributed by atoms with Crippen LogP contribution in [0.2, 0.25) is 5.02 Å². The molecule has 110 valence electrons. The lowest BCUT2D eigenvalue weighted by Crippen LogP contribution is -2.30. The Morgan fingerprint density at radius 1 is 1.24 bits per heavy atom. The average molecular weight is 369 g/mol. The van der Waals surface area contributed by atoms with Crippen LogP contribution in [0.25, 0.3) is 0 Å². The smallest absolute Gasteiger partial charge is 0.265 e. The molecular weight excluding hydrogens is 354 g/mol. The Balaban J connectivity index is 2.00. The molecule has 2 aromatic carbocycles. The molecule has 0 fully saturated rings. The van der Waals surface area contributed by atoms with Crippen LogP contribution in [0.4, 0.5) is 5.69 Å². The Bertz CT molecular complexity index is 643. The van der Waals surface area contributed by atoms with Gasteiger partial charge in [-0.2, -0.15) is 0 Å². The molecule has 3 nitrogen and oxygen atoms in total. The molecule has 1 N–H and O–H groups in total. The lowest BCUT2D eigenvalue weighted by Gasteiger charge is -2.15. The van der Waals surface area contributed by atoms with E-state index in [9.17, 15) is 4.79 Å². The monoisotopic (exact) mass is 367 g/mol. The molecule has 0 aliphatic rings. The van der Waals surface area contributed by atoms with E-state index in [0.717, 1.165) is 10.0 Å². The maximum Gasteiger partial charge on any atom is 0.265 e. The van der Waals surface area contributed by atoms with Crippen LogP contribution in [0.15, 0.2) is 46.9 Å². The van der Waals surface area contributed by atoms with E-state index in [1.165, 1.54) is 0 Å². The first kappa shape index (κ1) is 15.9. The molecule has 0 bridgehead atoms. The van der Waals surface area contributed by atoms with Gasteiger partial charge in [0.15, 0.2) is 6.10 Å². The zero-order valence-corrected chi connectivity index (χ0v) is 14.0. The highest BCUT2D eigenvalue weighted by Crippen LogP contribution is 2.26. The second-order valence-electron chi connectivity index (χ2n) is 4.69. The number of carbonyl (C=O) groups is 1. The van der Waals surface area contributed by atoms with Gasteiger partial charge in [-0.25, -0.2) is 0 Å².